The minimum atomic E-state index is 0.168. The molecule has 0 aromatic heterocycles. The van der Waals surface area contributed by atoms with E-state index in [0.29, 0.717) is 0 Å². The molecule has 2 heteroatoms. The smallest absolute Gasteiger partial charge is 0.149 e. The van der Waals surface area contributed by atoms with Crippen molar-refractivity contribution in [2.45, 2.75) is 59.7 Å². The molecule has 2 nitrogen and oxygen atoms in total. The van der Waals surface area contributed by atoms with Crippen molar-refractivity contribution < 1.29 is 4.48 Å². The maximum atomic E-state index is 2.54. The van der Waals surface area contributed by atoms with Gasteiger partial charge in [0, 0.05) is 26.9 Å². The highest BCUT2D eigenvalue weighted by Crippen LogP contribution is 2.33. The van der Waals surface area contributed by atoms with Crippen LogP contribution in [0.2, 0.25) is 0 Å². The first-order chi connectivity index (χ1) is 6.52. The molecule has 0 aliphatic carbocycles. The van der Waals surface area contributed by atoms with Gasteiger partial charge in [-0.2, -0.15) is 0 Å². The van der Waals surface area contributed by atoms with Crippen LogP contribution in [0.3, 0.4) is 0 Å². The van der Waals surface area contributed by atoms with Crippen molar-refractivity contribution in [2.75, 3.05) is 27.2 Å². The normalized spacial score (nSPS) is 14.8. The molecule has 0 N–H and O–H groups in total. The van der Waals surface area contributed by atoms with Gasteiger partial charge in [0.15, 0.2) is 0 Å². The molecule has 0 rings (SSSR count). The van der Waals surface area contributed by atoms with Crippen LogP contribution in [0.25, 0.3) is 0 Å². The average Bonchev–Trinajstić information content (AvgIpc) is 2.03. The zero-order valence-electron chi connectivity index (χ0n) is 12.3. The summed E-state index contributed by atoms with van der Waals surface area (Å²) in [6.45, 7) is 18.4. The summed E-state index contributed by atoms with van der Waals surface area (Å²) in [5.41, 5.74) is 0.424. The fourth-order valence-corrected chi connectivity index (χ4v) is 2.17. The standard InChI is InChI=1S/C13H31N2/c1-10-14(11-2)13(6,7)15(8,9)12(3,4)5/h10-11H2,1-9H3/q+1. The van der Waals surface area contributed by atoms with Crippen molar-refractivity contribution in [3.8, 4) is 0 Å². The quantitative estimate of drug-likeness (QED) is 0.515. The van der Waals surface area contributed by atoms with Crippen molar-refractivity contribution >= 4 is 0 Å². The Balaban J connectivity index is 5.16. The lowest BCUT2D eigenvalue weighted by Crippen LogP contribution is -2.71. The predicted octanol–water partition coefficient (Wildman–Crippen LogP) is 2.94. The molecule has 0 bridgehead atoms. The Morgan fingerprint density at radius 3 is 1.40 bits per heavy atom. The van der Waals surface area contributed by atoms with Crippen LogP contribution in [0.15, 0.2) is 0 Å². The molecular formula is C13H31N2+. The van der Waals surface area contributed by atoms with E-state index in [1.54, 1.807) is 0 Å². The molecule has 0 aromatic rings. The molecule has 0 fully saturated rings. The summed E-state index contributed by atoms with van der Waals surface area (Å²) < 4.78 is 1.00. The summed E-state index contributed by atoms with van der Waals surface area (Å²) in [6.07, 6.45) is 0. The van der Waals surface area contributed by atoms with E-state index < -0.39 is 0 Å². The third-order valence-electron chi connectivity index (χ3n) is 4.58. The van der Waals surface area contributed by atoms with Gasteiger partial charge >= 0.3 is 0 Å². The molecule has 92 valence electrons. The van der Waals surface area contributed by atoms with Crippen LogP contribution in [0, 0.1) is 0 Å². The van der Waals surface area contributed by atoms with Gasteiger partial charge in [-0.15, -0.1) is 0 Å². The highest BCUT2D eigenvalue weighted by Gasteiger charge is 2.47. The molecule has 0 heterocycles. The van der Waals surface area contributed by atoms with E-state index in [2.05, 4.69) is 67.5 Å². The fraction of sp³-hybridized carbons (Fsp3) is 1.00. The van der Waals surface area contributed by atoms with E-state index in [9.17, 15) is 0 Å². The lowest BCUT2D eigenvalue weighted by atomic mass is 9.96. The Hall–Kier alpha value is -0.0800. The van der Waals surface area contributed by atoms with Crippen LogP contribution in [0.4, 0.5) is 0 Å². The summed E-state index contributed by atoms with van der Waals surface area (Å²) in [5.74, 6) is 0. The molecule has 0 aliphatic rings. The molecule has 0 aliphatic heterocycles. The first-order valence-electron chi connectivity index (χ1n) is 6.11. The first kappa shape index (κ1) is 14.9. The number of hydrogen-bond acceptors (Lipinski definition) is 1. The average molecular weight is 215 g/mol. The Bertz CT molecular complexity index is 195. The van der Waals surface area contributed by atoms with Crippen LogP contribution >= 0.6 is 0 Å². The van der Waals surface area contributed by atoms with Gasteiger partial charge in [0.1, 0.15) is 5.66 Å². The largest absolute Gasteiger partial charge is 0.307 e. The van der Waals surface area contributed by atoms with Gasteiger partial charge in [0.05, 0.1) is 19.6 Å². The Labute approximate surface area is 96.8 Å². The van der Waals surface area contributed by atoms with E-state index in [1.165, 1.54) is 0 Å². The predicted molar refractivity (Wildman–Crippen MR) is 68.9 cm³/mol. The monoisotopic (exact) mass is 215 g/mol. The van der Waals surface area contributed by atoms with Gasteiger partial charge in [0.2, 0.25) is 0 Å². The zero-order valence-corrected chi connectivity index (χ0v) is 12.3. The van der Waals surface area contributed by atoms with E-state index in [1.807, 2.05) is 0 Å². The summed E-state index contributed by atoms with van der Waals surface area (Å²) in [7, 11) is 4.66. The van der Waals surface area contributed by atoms with Crippen LogP contribution in [0.1, 0.15) is 48.5 Å². The van der Waals surface area contributed by atoms with Gasteiger partial charge < -0.3 is 4.48 Å². The van der Waals surface area contributed by atoms with Crippen molar-refractivity contribution in [2.24, 2.45) is 0 Å². The summed E-state index contributed by atoms with van der Waals surface area (Å²) >= 11 is 0. The number of nitrogens with zero attached hydrogens (tertiary/aromatic N) is 2. The van der Waals surface area contributed by atoms with Crippen LogP contribution in [-0.4, -0.2) is 47.8 Å². The molecule has 0 amide bonds. The summed E-state index contributed by atoms with van der Waals surface area (Å²) in [5, 5.41) is 0. The van der Waals surface area contributed by atoms with Gasteiger partial charge in [-0.3, -0.25) is 4.90 Å². The molecule has 15 heavy (non-hydrogen) atoms. The summed E-state index contributed by atoms with van der Waals surface area (Å²) in [4.78, 5) is 2.54. The molecule has 0 spiro atoms. The SMILES string of the molecule is CCN(CC)C(C)(C)[N+](C)(C)C(C)(C)C. The second kappa shape index (κ2) is 4.42. The van der Waals surface area contributed by atoms with Gasteiger partial charge in [-0.1, -0.05) is 13.8 Å². The topological polar surface area (TPSA) is 3.24 Å². The fourth-order valence-electron chi connectivity index (χ4n) is 2.17. The summed E-state index contributed by atoms with van der Waals surface area (Å²) in [6, 6.07) is 0. The van der Waals surface area contributed by atoms with E-state index >= 15 is 0 Å². The van der Waals surface area contributed by atoms with Crippen LogP contribution < -0.4 is 0 Å². The highest BCUT2D eigenvalue weighted by molar-refractivity contribution is 4.75. The molecule has 0 atom stereocenters. The third kappa shape index (κ3) is 2.54. The lowest BCUT2D eigenvalue weighted by molar-refractivity contribution is -0.991. The second-order valence-electron chi connectivity index (χ2n) is 6.29. The number of rotatable bonds is 4. The van der Waals surface area contributed by atoms with E-state index in [-0.39, 0.29) is 11.2 Å². The van der Waals surface area contributed by atoms with Gasteiger partial charge in [-0.05, 0) is 20.8 Å². The minimum absolute atomic E-state index is 0.168. The molecule has 0 radical (unpaired) electrons. The molecule has 0 aromatic carbocycles. The van der Waals surface area contributed by atoms with Crippen LogP contribution in [-0.2, 0) is 0 Å². The Kier molecular flexibility index (Phi) is 4.40. The molecule has 0 saturated heterocycles. The Morgan fingerprint density at radius 2 is 1.20 bits per heavy atom. The molecular weight excluding hydrogens is 184 g/mol. The van der Waals surface area contributed by atoms with Crippen molar-refractivity contribution in [1.29, 1.82) is 0 Å². The third-order valence-corrected chi connectivity index (χ3v) is 4.58. The van der Waals surface area contributed by atoms with Crippen molar-refractivity contribution in [3.05, 3.63) is 0 Å². The van der Waals surface area contributed by atoms with E-state index in [0.717, 1.165) is 17.6 Å². The highest BCUT2D eigenvalue weighted by atomic mass is 15.5. The number of quaternary nitrogens is 1. The second-order valence-corrected chi connectivity index (χ2v) is 6.29. The zero-order chi connectivity index (χ0) is 12.5. The maximum Gasteiger partial charge on any atom is 0.149 e. The lowest BCUT2D eigenvalue weighted by Gasteiger charge is -2.56. The van der Waals surface area contributed by atoms with E-state index in [4.69, 9.17) is 0 Å². The van der Waals surface area contributed by atoms with Crippen LogP contribution in [0.5, 0.6) is 0 Å². The minimum Gasteiger partial charge on any atom is -0.307 e. The maximum absolute atomic E-state index is 2.54. The Morgan fingerprint density at radius 1 is 0.867 bits per heavy atom. The molecule has 0 saturated carbocycles. The van der Waals surface area contributed by atoms with Gasteiger partial charge in [0.25, 0.3) is 0 Å². The first-order valence-corrected chi connectivity index (χ1v) is 6.11. The van der Waals surface area contributed by atoms with Crippen molar-refractivity contribution in [3.63, 3.8) is 0 Å². The van der Waals surface area contributed by atoms with Gasteiger partial charge in [-0.25, -0.2) is 0 Å². The molecule has 0 unspecified atom stereocenters. The van der Waals surface area contributed by atoms with Crippen molar-refractivity contribution in [1.82, 2.24) is 4.90 Å². The number of hydrogen-bond donors (Lipinski definition) is 0.